The Morgan fingerprint density at radius 3 is 2.78 bits per heavy atom. The van der Waals surface area contributed by atoms with Crippen LogP contribution in [0.3, 0.4) is 0 Å². The summed E-state index contributed by atoms with van der Waals surface area (Å²) in [5.41, 5.74) is 1.56. The third-order valence-electron chi connectivity index (χ3n) is 4.24. The van der Waals surface area contributed by atoms with Crippen LogP contribution < -0.4 is 5.32 Å². The van der Waals surface area contributed by atoms with Gasteiger partial charge in [0.1, 0.15) is 0 Å². The minimum atomic E-state index is -2.88. The minimum absolute atomic E-state index is 0.155. The Morgan fingerprint density at radius 2 is 2.11 bits per heavy atom. The molecule has 0 spiro atoms. The van der Waals surface area contributed by atoms with Crippen molar-refractivity contribution in [3.05, 3.63) is 11.6 Å². The fraction of sp³-hybridized carbons (Fsp3) is 0.857. The molecule has 0 aliphatic heterocycles. The van der Waals surface area contributed by atoms with E-state index in [1.54, 1.807) is 5.57 Å². The van der Waals surface area contributed by atoms with Crippen LogP contribution in [0.4, 0.5) is 0 Å². The molecule has 1 fully saturated rings. The van der Waals surface area contributed by atoms with E-state index in [-0.39, 0.29) is 11.3 Å². The second-order valence-corrected chi connectivity index (χ2v) is 7.98. The number of rotatable bonds is 5. The minimum Gasteiger partial charge on any atom is -0.312 e. The van der Waals surface area contributed by atoms with E-state index in [0.29, 0.717) is 0 Å². The van der Waals surface area contributed by atoms with Crippen LogP contribution in [0.15, 0.2) is 11.6 Å². The lowest BCUT2D eigenvalue weighted by molar-refractivity contribution is 0.505. The lowest BCUT2D eigenvalue weighted by Crippen LogP contribution is -2.40. The molecule has 2 atom stereocenters. The molecule has 2 aliphatic carbocycles. The average molecular weight is 271 g/mol. The SMILES string of the molecule is CS(=O)(=O)C1CCCC1NCCC1=CCCCC1. The highest BCUT2D eigenvalue weighted by atomic mass is 32.2. The summed E-state index contributed by atoms with van der Waals surface area (Å²) in [4.78, 5) is 0. The Balaban J connectivity index is 1.77. The molecule has 1 N–H and O–H groups in total. The van der Waals surface area contributed by atoms with Crippen molar-refractivity contribution in [3.63, 3.8) is 0 Å². The summed E-state index contributed by atoms with van der Waals surface area (Å²) < 4.78 is 23.3. The Hall–Kier alpha value is -0.350. The van der Waals surface area contributed by atoms with Crippen LogP contribution >= 0.6 is 0 Å². The van der Waals surface area contributed by atoms with Gasteiger partial charge < -0.3 is 5.32 Å². The second-order valence-electron chi connectivity index (χ2n) is 5.72. The predicted molar refractivity (Wildman–Crippen MR) is 75.4 cm³/mol. The molecule has 0 bridgehead atoms. The zero-order valence-electron chi connectivity index (χ0n) is 11.3. The molecule has 2 unspecified atom stereocenters. The largest absolute Gasteiger partial charge is 0.312 e. The quantitative estimate of drug-likeness (QED) is 0.781. The van der Waals surface area contributed by atoms with Gasteiger partial charge in [0.15, 0.2) is 9.84 Å². The van der Waals surface area contributed by atoms with Gasteiger partial charge in [-0.2, -0.15) is 0 Å². The maximum atomic E-state index is 11.7. The topological polar surface area (TPSA) is 46.2 Å². The number of nitrogens with one attached hydrogen (secondary N) is 1. The Kier molecular flexibility index (Phi) is 4.84. The van der Waals surface area contributed by atoms with E-state index < -0.39 is 9.84 Å². The standard InChI is InChI=1S/C14H25NO2S/c1-18(16,17)14-9-5-8-13(14)15-11-10-12-6-3-2-4-7-12/h6,13-15H,2-5,7-11H2,1H3. The van der Waals surface area contributed by atoms with Crippen molar-refractivity contribution in [3.8, 4) is 0 Å². The predicted octanol–water partition coefficient (Wildman–Crippen LogP) is 2.43. The van der Waals surface area contributed by atoms with Gasteiger partial charge in [-0.1, -0.05) is 18.1 Å². The van der Waals surface area contributed by atoms with Gasteiger partial charge in [-0.3, -0.25) is 0 Å². The van der Waals surface area contributed by atoms with E-state index in [0.717, 1.165) is 32.2 Å². The van der Waals surface area contributed by atoms with Gasteiger partial charge >= 0.3 is 0 Å². The smallest absolute Gasteiger partial charge is 0.151 e. The molecule has 1 saturated carbocycles. The molecule has 3 nitrogen and oxygen atoms in total. The Labute approximate surface area is 111 Å². The van der Waals surface area contributed by atoms with Gasteiger partial charge in [-0.25, -0.2) is 8.42 Å². The van der Waals surface area contributed by atoms with Gasteiger partial charge in [0.2, 0.25) is 0 Å². The maximum Gasteiger partial charge on any atom is 0.151 e. The number of sulfone groups is 1. The molecule has 2 rings (SSSR count). The average Bonchev–Trinajstić information content (AvgIpc) is 2.78. The van der Waals surface area contributed by atoms with Crippen molar-refractivity contribution < 1.29 is 8.42 Å². The van der Waals surface area contributed by atoms with Crippen molar-refractivity contribution in [2.75, 3.05) is 12.8 Å². The number of allylic oxidation sites excluding steroid dienone is 1. The van der Waals surface area contributed by atoms with Gasteiger partial charge in [-0.05, 0) is 51.5 Å². The van der Waals surface area contributed by atoms with E-state index in [1.807, 2.05) is 0 Å². The van der Waals surface area contributed by atoms with Crippen molar-refractivity contribution in [1.82, 2.24) is 5.32 Å². The molecular weight excluding hydrogens is 246 g/mol. The fourth-order valence-electron chi connectivity index (χ4n) is 3.22. The first kappa shape index (κ1) is 14.1. The van der Waals surface area contributed by atoms with Crippen LogP contribution in [-0.4, -0.2) is 32.5 Å². The first-order valence-electron chi connectivity index (χ1n) is 7.17. The zero-order valence-corrected chi connectivity index (χ0v) is 12.1. The van der Waals surface area contributed by atoms with Crippen molar-refractivity contribution in [2.24, 2.45) is 0 Å². The van der Waals surface area contributed by atoms with E-state index in [9.17, 15) is 8.42 Å². The molecule has 0 saturated heterocycles. The maximum absolute atomic E-state index is 11.7. The summed E-state index contributed by atoms with van der Waals surface area (Å²) >= 11 is 0. The fourth-order valence-corrected chi connectivity index (χ4v) is 4.65. The molecule has 104 valence electrons. The van der Waals surface area contributed by atoms with Gasteiger partial charge in [0.25, 0.3) is 0 Å². The molecule has 18 heavy (non-hydrogen) atoms. The van der Waals surface area contributed by atoms with E-state index >= 15 is 0 Å². The second kappa shape index (κ2) is 6.20. The molecule has 0 aromatic rings. The number of hydrogen-bond donors (Lipinski definition) is 1. The summed E-state index contributed by atoms with van der Waals surface area (Å²) in [7, 11) is -2.88. The van der Waals surface area contributed by atoms with Gasteiger partial charge in [0, 0.05) is 12.3 Å². The highest BCUT2D eigenvalue weighted by molar-refractivity contribution is 7.91. The van der Waals surface area contributed by atoms with E-state index in [1.165, 1.54) is 31.9 Å². The van der Waals surface area contributed by atoms with Crippen molar-refractivity contribution in [2.45, 2.75) is 62.7 Å². The van der Waals surface area contributed by atoms with E-state index in [2.05, 4.69) is 11.4 Å². The van der Waals surface area contributed by atoms with Crippen LogP contribution in [0, 0.1) is 0 Å². The number of hydrogen-bond acceptors (Lipinski definition) is 3. The van der Waals surface area contributed by atoms with E-state index in [4.69, 9.17) is 0 Å². The molecule has 0 amide bonds. The molecule has 0 aromatic heterocycles. The van der Waals surface area contributed by atoms with Crippen LogP contribution in [0.2, 0.25) is 0 Å². The normalized spacial score (nSPS) is 29.3. The summed E-state index contributed by atoms with van der Waals surface area (Å²) in [6.07, 6.45) is 12.8. The van der Waals surface area contributed by atoms with Crippen LogP contribution in [0.1, 0.15) is 51.4 Å². The molecule has 2 aliphatic rings. The molecule has 0 aromatic carbocycles. The summed E-state index contributed by atoms with van der Waals surface area (Å²) in [6.45, 7) is 0.933. The molecule has 4 heteroatoms. The zero-order chi connectivity index (χ0) is 13.0. The van der Waals surface area contributed by atoms with Gasteiger partial charge in [0.05, 0.1) is 5.25 Å². The lowest BCUT2D eigenvalue weighted by Gasteiger charge is -2.20. The first-order chi connectivity index (χ1) is 8.57. The van der Waals surface area contributed by atoms with Crippen LogP contribution in [-0.2, 0) is 9.84 Å². The summed E-state index contributed by atoms with van der Waals surface area (Å²) in [5, 5.41) is 3.31. The van der Waals surface area contributed by atoms with Crippen LogP contribution in [0.5, 0.6) is 0 Å². The van der Waals surface area contributed by atoms with Crippen molar-refractivity contribution >= 4 is 9.84 Å². The third kappa shape index (κ3) is 3.82. The molecule has 0 radical (unpaired) electrons. The highest BCUT2D eigenvalue weighted by Crippen LogP contribution is 2.25. The Morgan fingerprint density at radius 1 is 1.28 bits per heavy atom. The van der Waals surface area contributed by atoms with Gasteiger partial charge in [-0.15, -0.1) is 0 Å². The summed E-state index contributed by atoms with van der Waals surface area (Å²) in [6, 6.07) is 0.184. The lowest BCUT2D eigenvalue weighted by atomic mass is 9.97. The molecule has 0 heterocycles. The monoisotopic (exact) mass is 271 g/mol. The Bertz CT molecular complexity index is 400. The third-order valence-corrected chi connectivity index (χ3v) is 5.90. The summed E-state index contributed by atoms with van der Waals surface area (Å²) in [5.74, 6) is 0. The van der Waals surface area contributed by atoms with Crippen molar-refractivity contribution in [1.29, 1.82) is 0 Å². The molecular formula is C14H25NO2S. The highest BCUT2D eigenvalue weighted by Gasteiger charge is 2.34. The first-order valence-corrected chi connectivity index (χ1v) is 9.13. The van der Waals surface area contributed by atoms with Crippen LogP contribution in [0.25, 0.3) is 0 Å².